The Morgan fingerprint density at radius 2 is 1.93 bits per heavy atom. The molecule has 2 aromatic heterocycles. The number of halogens is 3. The number of hydrogen-bond donors (Lipinski definition) is 1. The molecule has 0 aliphatic heterocycles. The highest BCUT2D eigenvalue weighted by Gasteiger charge is 2.38. The standard InChI is InChI=1S/C18H23F3N4O3/c1-2-3-4-5-6-7-10-27-17(26)23-12-14-9-8-13(11-22-14)15-24-16(28-25-15)18(19,20)21/h8-9,11H,2-7,10,12H2,1H3,(H,23,26). The molecule has 0 radical (unpaired) electrons. The zero-order chi connectivity index (χ0) is 20.4. The summed E-state index contributed by atoms with van der Waals surface area (Å²) in [5, 5.41) is 5.86. The Balaban J connectivity index is 1.71. The summed E-state index contributed by atoms with van der Waals surface area (Å²) in [5.74, 6) is -1.63. The highest BCUT2D eigenvalue weighted by atomic mass is 19.4. The number of ether oxygens (including phenoxy) is 1. The molecule has 0 saturated heterocycles. The van der Waals surface area contributed by atoms with Crippen molar-refractivity contribution in [2.24, 2.45) is 0 Å². The van der Waals surface area contributed by atoms with Gasteiger partial charge in [0.05, 0.1) is 18.8 Å². The van der Waals surface area contributed by atoms with E-state index in [0.717, 1.165) is 19.3 Å². The average Bonchev–Trinajstić information content (AvgIpc) is 3.17. The van der Waals surface area contributed by atoms with Gasteiger partial charge in [-0.1, -0.05) is 44.2 Å². The first-order valence-corrected chi connectivity index (χ1v) is 9.17. The van der Waals surface area contributed by atoms with E-state index < -0.39 is 18.2 Å². The zero-order valence-corrected chi connectivity index (χ0v) is 15.6. The molecule has 0 saturated carbocycles. The van der Waals surface area contributed by atoms with E-state index in [-0.39, 0.29) is 17.9 Å². The molecule has 2 aromatic rings. The number of hydrogen-bond acceptors (Lipinski definition) is 6. The Hall–Kier alpha value is -2.65. The summed E-state index contributed by atoms with van der Waals surface area (Å²) in [6, 6.07) is 3.05. The molecule has 0 bridgehead atoms. The summed E-state index contributed by atoms with van der Waals surface area (Å²) in [6.45, 7) is 2.66. The van der Waals surface area contributed by atoms with Gasteiger partial charge in [0.1, 0.15) is 0 Å². The number of unbranched alkanes of at least 4 members (excludes halogenated alkanes) is 5. The fraction of sp³-hybridized carbons (Fsp3) is 0.556. The molecule has 0 fully saturated rings. The van der Waals surface area contributed by atoms with E-state index >= 15 is 0 Å². The average molecular weight is 400 g/mol. The van der Waals surface area contributed by atoms with Crippen LogP contribution in [0.2, 0.25) is 0 Å². The maximum atomic E-state index is 12.5. The summed E-state index contributed by atoms with van der Waals surface area (Å²) in [5.41, 5.74) is 0.786. The molecular formula is C18H23F3N4O3. The second kappa shape index (κ2) is 10.6. The van der Waals surface area contributed by atoms with Gasteiger partial charge in [0.2, 0.25) is 5.82 Å². The van der Waals surface area contributed by atoms with Crippen molar-refractivity contribution in [3.05, 3.63) is 29.9 Å². The zero-order valence-electron chi connectivity index (χ0n) is 15.6. The monoisotopic (exact) mass is 400 g/mol. The maximum absolute atomic E-state index is 12.5. The van der Waals surface area contributed by atoms with Crippen molar-refractivity contribution in [3.63, 3.8) is 0 Å². The molecule has 1 N–H and O–H groups in total. The van der Waals surface area contributed by atoms with E-state index in [1.165, 1.54) is 31.5 Å². The third-order valence-corrected chi connectivity index (χ3v) is 3.90. The number of alkyl carbamates (subject to hydrolysis) is 1. The number of carbonyl (C=O) groups excluding carboxylic acids is 1. The minimum absolute atomic E-state index is 0.135. The van der Waals surface area contributed by atoms with Crippen molar-refractivity contribution in [2.75, 3.05) is 6.61 Å². The molecule has 1 amide bonds. The van der Waals surface area contributed by atoms with E-state index in [1.807, 2.05) is 0 Å². The molecule has 2 rings (SSSR count). The molecule has 154 valence electrons. The lowest BCUT2D eigenvalue weighted by atomic mass is 10.1. The molecule has 28 heavy (non-hydrogen) atoms. The number of nitrogens with one attached hydrogen (secondary N) is 1. The van der Waals surface area contributed by atoms with Crippen LogP contribution in [0.5, 0.6) is 0 Å². The predicted octanol–water partition coefficient (Wildman–Crippen LogP) is 4.74. The first-order valence-electron chi connectivity index (χ1n) is 9.17. The molecule has 0 atom stereocenters. The molecule has 7 nitrogen and oxygen atoms in total. The Kier molecular flexibility index (Phi) is 8.21. The molecule has 10 heteroatoms. The molecule has 0 aliphatic rings. The van der Waals surface area contributed by atoms with E-state index in [1.54, 1.807) is 6.07 Å². The largest absolute Gasteiger partial charge is 0.471 e. The van der Waals surface area contributed by atoms with Crippen LogP contribution in [0.4, 0.5) is 18.0 Å². The van der Waals surface area contributed by atoms with Crippen LogP contribution in [-0.2, 0) is 17.5 Å². The van der Waals surface area contributed by atoms with Gasteiger partial charge >= 0.3 is 18.2 Å². The fourth-order valence-corrected chi connectivity index (χ4v) is 2.38. The van der Waals surface area contributed by atoms with Gasteiger partial charge in [-0.3, -0.25) is 4.98 Å². The third kappa shape index (κ3) is 7.16. The molecule has 0 unspecified atom stereocenters. The number of pyridine rings is 1. The van der Waals surface area contributed by atoms with E-state index in [0.29, 0.717) is 12.3 Å². The second-order valence-electron chi connectivity index (χ2n) is 6.22. The SMILES string of the molecule is CCCCCCCCOC(=O)NCc1ccc(-c2noc(C(F)(F)F)n2)cn1. The van der Waals surface area contributed by atoms with Gasteiger partial charge in [0.25, 0.3) is 0 Å². The van der Waals surface area contributed by atoms with Gasteiger partial charge in [0, 0.05) is 11.8 Å². The van der Waals surface area contributed by atoms with Crippen LogP contribution in [0, 0.1) is 0 Å². The van der Waals surface area contributed by atoms with Gasteiger partial charge in [-0.05, 0) is 18.6 Å². The lowest BCUT2D eigenvalue weighted by Gasteiger charge is -2.07. The summed E-state index contributed by atoms with van der Waals surface area (Å²) in [7, 11) is 0. The van der Waals surface area contributed by atoms with Crippen molar-refractivity contribution >= 4 is 6.09 Å². The molecule has 2 heterocycles. The number of amides is 1. The minimum atomic E-state index is -4.70. The van der Waals surface area contributed by atoms with Crippen molar-refractivity contribution in [1.29, 1.82) is 0 Å². The highest BCUT2D eigenvalue weighted by Crippen LogP contribution is 2.29. The van der Waals surface area contributed by atoms with Crippen molar-refractivity contribution < 1.29 is 27.2 Å². The van der Waals surface area contributed by atoms with E-state index in [4.69, 9.17) is 4.74 Å². The summed E-state index contributed by atoms with van der Waals surface area (Å²) in [6.07, 6.45) is 2.69. The van der Waals surface area contributed by atoms with Crippen molar-refractivity contribution in [2.45, 2.75) is 58.2 Å². The highest BCUT2D eigenvalue weighted by molar-refractivity contribution is 5.67. The van der Waals surface area contributed by atoms with Crippen LogP contribution in [0.25, 0.3) is 11.4 Å². The molecule has 0 spiro atoms. The predicted molar refractivity (Wildman–Crippen MR) is 94.1 cm³/mol. The van der Waals surface area contributed by atoms with Crippen LogP contribution in [-0.4, -0.2) is 27.8 Å². The van der Waals surface area contributed by atoms with Crippen molar-refractivity contribution in [3.8, 4) is 11.4 Å². The van der Waals surface area contributed by atoms with Crippen LogP contribution in [0.3, 0.4) is 0 Å². The van der Waals surface area contributed by atoms with Gasteiger partial charge in [-0.2, -0.15) is 18.2 Å². The quantitative estimate of drug-likeness (QED) is 0.580. The summed E-state index contributed by atoms with van der Waals surface area (Å²) in [4.78, 5) is 19.0. The van der Waals surface area contributed by atoms with Gasteiger partial charge in [-0.25, -0.2) is 4.79 Å². The Morgan fingerprint density at radius 3 is 2.57 bits per heavy atom. The lowest BCUT2D eigenvalue weighted by molar-refractivity contribution is -0.159. The second-order valence-corrected chi connectivity index (χ2v) is 6.22. The van der Waals surface area contributed by atoms with Crippen LogP contribution in [0.1, 0.15) is 57.0 Å². The first-order chi connectivity index (χ1) is 13.4. The lowest BCUT2D eigenvalue weighted by Crippen LogP contribution is -2.24. The fourth-order valence-electron chi connectivity index (χ4n) is 2.38. The van der Waals surface area contributed by atoms with Crippen LogP contribution >= 0.6 is 0 Å². The van der Waals surface area contributed by atoms with Gasteiger partial charge < -0.3 is 14.6 Å². The smallest absolute Gasteiger partial charge is 0.450 e. The molecular weight excluding hydrogens is 377 g/mol. The van der Waals surface area contributed by atoms with Gasteiger partial charge in [0.15, 0.2) is 0 Å². The normalized spacial score (nSPS) is 11.4. The third-order valence-electron chi connectivity index (χ3n) is 3.90. The van der Waals surface area contributed by atoms with Crippen LogP contribution < -0.4 is 5.32 Å². The molecule has 0 aromatic carbocycles. The minimum Gasteiger partial charge on any atom is -0.450 e. The van der Waals surface area contributed by atoms with Gasteiger partial charge in [-0.15, -0.1) is 0 Å². The van der Waals surface area contributed by atoms with E-state index in [9.17, 15) is 18.0 Å². The summed E-state index contributed by atoms with van der Waals surface area (Å²) >= 11 is 0. The summed E-state index contributed by atoms with van der Waals surface area (Å²) < 4.78 is 46.7. The topological polar surface area (TPSA) is 90.1 Å². The first kappa shape index (κ1) is 21.6. The Morgan fingerprint density at radius 1 is 1.18 bits per heavy atom. The van der Waals surface area contributed by atoms with E-state index in [2.05, 4.69) is 31.9 Å². The van der Waals surface area contributed by atoms with Crippen LogP contribution in [0.15, 0.2) is 22.9 Å². The molecule has 0 aliphatic carbocycles. The van der Waals surface area contributed by atoms with Crippen molar-refractivity contribution in [1.82, 2.24) is 20.4 Å². The number of rotatable bonds is 10. The Labute approximate surface area is 160 Å². The number of alkyl halides is 3. The number of nitrogens with zero attached hydrogens (tertiary/aromatic N) is 3. The number of carbonyl (C=O) groups is 1. The Bertz CT molecular complexity index is 732. The maximum Gasteiger partial charge on any atom is 0.471 e. The number of aromatic nitrogens is 3.